The van der Waals surface area contributed by atoms with E-state index in [1.807, 2.05) is 36.0 Å². The summed E-state index contributed by atoms with van der Waals surface area (Å²) in [6.07, 6.45) is 3.58. The van der Waals surface area contributed by atoms with Crippen LogP contribution < -0.4 is 10.9 Å². The van der Waals surface area contributed by atoms with E-state index >= 15 is 0 Å². The Morgan fingerprint density at radius 2 is 2.00 bits per heavy atom. The number of aryl methyl sites for hydroxylation is 1. The van der Waals surface area contributed by atoms with Crippen molar-refractivity contribution >= 4 is 5.91 Å². The molecule has 0 spiro atoms. The molecule has 0 aliphatic carbocycles. The van der Waals surface area contributed by atoms with E-state index in [-0.39, 0.29) is 23.2 Å². The molecule has 27 heavy (non-hydrogen) atoms. The second kappa shape index (κ2) is 7.16. The maximum Gasteiger partial charge on any atom is 0.275 e. The predicted molar refractivity (Wildman–Crippen MR) is 99.7 cm³/mol. The third kappa shape index (κ3) is 3.26. The van der Waals surface area contributed by atoms with Gasteiger partial charge in [-0.2, -0.15) is 9.78 Å². The highest BCUT2D eigenvalue weighted by atomic mass is 16.2. The zero-order valence-electron chi connectivity index (χ0n) is 14.9. The Balaban J connectivity index is 1.69. The summed E-state index contributed by atoms with van der Waals surface area (Å²) >= 11 is 0. The van der Waals surface area contributed by atoms with Crippen LogP contribution in [0.3, 0.4) is 0 Å². The van der Waals surface area contributed by atoms with Gasteiger partial charge < -0.3 is 14.8 Å². The number of benzene rings is 1. The highest BCUT2D eigenvalue weighted by Gasteiger charge is 2.32. The molecular formula is C19H20N6O2. The van der Waals surface area contributed by atoms with E-state index in [0.717, 1.165) is 5.82 Å². The SMILES string of the molecule is Cn1ccnc1C1CNCCN1C(=O)c1ccc(=O)n(-c2ccccc2)n1. The molecule has 3 heterocycles. The summed E-state index contributed by atoms with van der Waals surface area (Å²) < 4.78 is 3.17. The number of piperazine rings is 1. The number of amides is 1. The van der Waals surface area contributed by atoms with Crippen molar-refractivity contribution in [3.8, 4) is 5.69 Å². The molecule has 8 heteroatoms. The lowest BCUT2D eigenvalue weighted by Gasteiger charge is -2.35. The summed E-state index contributed by atoms with van der Waals surface area (Å²) in [5.74, 6) is 0.598. The summed E-state index contributed by atoms with van der Waals surface area (Å²) in [7, 11) is 1.91. The maximum absolute atomic E-state index is 13.2. The third-order valence-corrected chi connectivity index (χ3v) is 4.68. The highest BCUT2D eigenvalue weighted by molar-refractivity contribution is 5.92. The molecule has 1 aromatic carbocycles. The van der Waals surface area contributed by atoms with Gasteiger partial charge in [-0.3, -0.25) is 9.59 Å². The number of imidazole rings is 1. The predicted octanol–water partition coefficient (Wildman–Crippen LogP) is 0.753. The van der Waals surface area contributed by atoms with Crippen molar-refractivity contribution in [2.24, 2.45) is 7.05 Å². The van der Waals surface area contributed by atoms with Crippen molar-refractivity contribution in [1.82, 2.24) is 29.5 Å². The van der Waals surface area contributed by atoms with Crippen LogP contribution in [0.15, 0.2) is 59.7 Å². The fourth-order valence-corrected chi connectivity index (χ4v) is 3.30. The van der Waals surface area contributed by atoms with Crippen molar-refractivity contribution in [3.63, 3.8) is 0 Å². The van der Waals surface area contributed by atoms with Crippen molar-refractivity contribution in [2.75, 3.05) is 19.6 Å². The Morgan fingerprint density at radius 1 is 1.19 bits per heavy atom. The molecule has 0 saturated carbocycles. The molecule has 1 N–H and O–H groups in total. The van der Waals surface area contributed by atoms with Gasteiger partial charge in [0.2, 0.25) is 0 Å². The first-order valence-electron chi connectivity index (χ1n) is 8.80. The smallest absolute Gasteiger partial charge is 0.275 e. The molecule has 3 aromatic rings. The van der Waals surface area contributed by atoms with E-state index in [1.165, 1.54) is 16.8 Å². The minimum atomic E-state index is -0.279. The molecule has 2 aromatic heterocycles. The Labute approximate surface area is 156 Å². The number of aromatic nitrogens is 4. The lowest BCUT2D eigenvalue weighted by atomic mass is 10.1. The number of para-hydroxylation sites is 1. The molecule has 138 valence electrons. The largest absolute Gasteiger partial charge is 0.336 e. The van der Waals surface area contributed by atoms with E-state index in [1.54, 1.807) is 23.2 Å². The zero-order chi connectivity index (χ0) is 18.8. The number of rotatable bonds is 3. The Bertz CT molecular complexity index is 1010. The van der Waals surface area contributed by atoms with Crippen molar-refractivity contribution in [2.45, 2.75) is 6.04 Å². The molecule has 1 aliphatic heterocycles. The molecule has 0 bridgehead atoms. The second-order valence-electron chi connectivity index (χ2n) is 6.42. The van der Waals surface area contributed by atoms with Gasteiger partial charge in [-0.15, -0.1) is 0 Å². The average molecular weight is 364 g/mol. The van der Waals surface area contributed by atoms with Crippen molar-refractivity contribution in [3.05, 3.63) is 76.7 Å². The Hall–Kier alpha value is -3.26. The molecule has 1 unspecified atom stereocenters. The van der Waals surface area contributed by atoms with Crippen LogP contribution in [0, 0.1) is 0 Å². The molecule has 0 radical (unpaired) electrons. The number of nitrogens with zero attached hydrogens (tertiary/aromatic N) is 5. The molecule has 1 aliphatic rings. The normalized spacial score (nSPS) is 17.1. The lowest BCUT2D eigenvalue weighted by molar-refractivity contribution is 0.0612. The highest BCUT2D eigenvalue weighted by Crippen LogP contribution is 2.22. The maximum atomic E-state index is 13.2. The number of carbonyl (C=O) groups excluding carboxylic acids is 1. The fraction of sp³-hybridized carbons (Fsp3) is 0.263. The van der Waals surface area contributed by atoms with Gasteiger partial charge in [-0.25, -0.2) is 4.98 Å². The average Bonchev–Trinajstić information content (AvgIpc) is 3.14. The summed E-state index contributed by atoms with van der Waals surface area (Å²) in [5, 5.41) is 7.63. The number of nitrogens with one attached hydrogen (secondary N) is 1. The minimum absolute atomic E-state index is 0.190. The first-order chi connectivity index (χ1) is 13.1. The van der Waals surface area contributed by atoms with Gasteiger partial charge in [0.15, 0.2) is 0 Å². The first-order valence-corrected chi connectivity index (χ1v) is 8.80. The van der Waals surface area contributed by atoms with Gasteiger partial charge in [0.25, 0.3) is 11.5 Å². The molecule has 1 fully saturated rings. The molecule has 8 nitrogen and oxygen atoms in total. The van der Waals surface area contributed by atoms with E-state index in [0.29, 0.717) is 25.3 Å². The fourth-order valence-electron chi connectivity index (χ4n) is 3.30. The molecule has 1 saturated heterocycles. The summed E-state index contributed by atoms with van der Waals surface area (Å²) in [5.41, 5.74) is 0.580. The van der Waals surface area contributed by atoms with Crippen LogP contribution in [0.2, 0.25) is 0 Å². The Morgan fingerprint density at radius 3 is 2.74 bits per heavy atom. The van der Waals surface area contributed by atoms with Crippen LogP contribution in [-0.4, -0.2) is 49.8 Å². The molecule has 4 rings (SSSR count). The van der Waals surface area contributed by atoms with E-state index in [4.69, 9.17) is 0 Å². The van der Waals surface area contributed by atoms with Crippen LogP contribution in [0.25, 0.3) is 5.69 Å². The van der Waals surface area contributed by atoms with Gasteiger partial charge in [-0.1, -0.05) is 18.2 Å². The van der Waals surface area contributed by atoms with Crippen LogP contribution in [-0.2, 0) is 7.05 Å². The van der Waals surface area contributed by atoms with Gasteiger partial charge in [0, 0.05) is 45.1 Å². The van der Waals surface area contributed by atoms with E-state index in [9.17, 15) is 9.59 Å². The van der Waals surface area contributed by atoms with Crippen LogP contribution in [0.1, 0.15) is 22.4 Å². The van der Waals surface area contributed by atoms with Gasteiger partial charge in [0.1, 0.15) is 17.6 Å². The number of hydrogen-bond donors (Lipinski definition) is 1. The standard InChI is InChI=1S/C19H20N6O2/c1-23-11-10-21-18(23)16-13-20-9-12-24(16)19(27)15-7-8-17(26)25(22-15)14-5-3-2-4-6-14/h2-8,10-11,16,20H,9,12-13H2,1H3. The van der Waals surface area contributed by atoms with Gasteiger partial charge >= 0.3 is 0 Å². The van der Waals surface area contributed by atoms with Crippen LogP contribution in [0.5, 0.6) is 0 Å². The van der Waals surface area contributed by atoms with Gasteiger partial charge in [0.05, 0.1) is 5.69 Å². The number of carbonyl (C=O) groups is 1. The first kappa shape index (κ1) is 17.2. The van der Waals surface area contributed by atoms with Crippen LogP contribution >= 0.6 is 0 Å². The van der Waals surface area contributed by atoms with E-state index < -0.39 is 0 Å². The van der Waals surface area contributed by atoms with Crippen LogP contribution in [0.4, 0.5) is 0 Å². The van der Waals surface area contributed by atoms with Crippen molar-refractivity contribution < 1.29 is 4.79 Å². The molecular weight excluding hydrogens is 344 g/mol. The summed E-state index contributed by atoms with van der Waals surface area (Å²) in [6.45, 7) is 1.86. The van der Waals surface area contributed by atoms with E-state index in [2.05, 4.69) is 15.4 Å². The summed E-state index contributed by atoms with van der Waals surface area (Å²) in [4.78, 5) is 31.6. The molecule has 1 atom stereocenters. The lowest BCUT2D eigenvalue weighted by Crippen LogP contribution is -2.49. The topological polar surface area (TPSA) is 85.0 Å². The van der Waals surface area contributed by atoms with Crippen molar-refractivity contribution in [1.29, 1.82) is 0 Å². The number of hydrogen-bond acceptors (Lipinski definition) is 5. The quantitative estimate of drug-likeness (QED) is 0.741. The monoisotopic (exact) mass is 364 g/mol. The third-order valence-electron chi connectivity index (χ3n) is 4.68. The second-order valence-corrected chi connectivity index (χ2v) is 6.42. The Kier molecular flexibility index (Phi) is 4.55. The summed E-state index contributed by atoms with van der Waals surface area (Å²) in [6, 6.07) is 11.8. The minimum Gasteiger partial charge on any atom is -0.336 e. The molecule has 1 amide bonds. The van der Waals surface area contributed by atoms with Gasteiger partial charge in [-0.05, 0) is 18.2 Å². The zero-order valence-corrected chi connectivity index (χ0v) is 14.9.